The molecule has 0 aromatic heterocycles. The average molecular weight is 287 g/mol. The minimum absolute atomic E-state index is 0.560. The second-order valence-corrected chi connectivity index (χ2v) is 5.13. The van der Waals surface area contributed by atoms with Crippen LogP contribution in [0.4, 0.5) is 0 Å². The molecule has 0 aliphatic carbocycles. The first kappa shape index (κ1) is 15.5. The third-order valence-corrected chi connectivity index (χ3v) is 2.90. The number of carbonyl (C=O) groups is 1. The van der Waals surface area contributed by atoms with Gasteiger partial charge in [0.05, 0.1) is 12.7 Å². The van der Waals surface area contributed by atoms with Gasteiger partial charge in [-0.1, -0.05) is 0 Å². The Labute approximate surface area is 101 Å². The van der Waals surface area contributed by atoms with E-state index < -0.39 is 50.9 Å². The first-order chi connectivity index (χ1) is 8.05. The number of ether oxygens (including phenoxy) is 1. The van der Waals surface area contributed by atoms with Gasteiger partial charge in [0.2, 0.25) is 0 Å². The monoisotopic (exact) mass is 287 g/mol. The predicted octanol–water partition coefficient (Wildman–Crippen LogP) is -2.65. The molecule has 1 heterocycles. The van der Waals surface area contributed by atoms with Gasteiger partial charge in [0.1, 0.15) is 6.10 Å². The van der Waals surface area contributed by atoms with E-state index in [1.807, 2.05) is 0 Å². The molecule has 0 aromatic carbocycles. The molecule has 18 heavy (non-hydrogen) atoms. The van der Waals surface area contributed by atoms with Crippen LogP contribution in [-0.4, -0.2) is 61.7 Å². The fourth-order valence-corrected chi connectivity index (χ4v) is 1.87. The molecule has 1 aliphatic rings. The Morgan fingerprint density at radius 3 is 2.56 bits per heavy atom. The molecule has 1 saturated heterocycles. The Kier molecular flexibility index (Phi) is 4.47. The Balaban J connectivity index is 2.76. The summed E-state index contributed by atoms with van der Waals surface area (Å²) in [6.45, 7) is -0.811. The van der Waals surface area contributed by atoms with E-state index in [4.69, 9.17) is 20.6 Å². The zero-order chi connectivity index (χ0) is 14.1. The molecule has 7 N–H and O–H groups in total. The number of hydrogen-bond donors (Lipinski definition) is 6. The van der Waals surface area contributed by atoms with Crippen molar-refractivity contribution >= 4 is 13.8 Å². The number of aliphatic hydroxyl groups excluding tert-OH is 1. The lowest BCUT2D eigenvalue weighted by molar-refractivity contribution is -0.281. The van der Waals surface area contributed by atoms with Gasteiger partial charge < -0.3 is 35.6 Å². The number of aliphatic hydroxyl groups is 2. The van der Waals surface area contributed by atoms with Crippen molar-refractivity contribution in [3.05, 3.63) is 0 Å². The van der Waals surface area contributed by atoms with Gasteiger partial charge in [-0.3, -0.25) is 4.52 Å². The number of rotatable bonds is 4. The molecule has 0 spiro atoms. The van der Waals surface area contributed by atoms with Crippen LogP contribution in [0.15, 0.2) is 0 Å². The first-order valence-corrected chi connectivity index (χ1v) is 6.35. The lowest BCUT2D eigenvalue weighted by Crippen LogP contribution is -2.61. The second kappa shape index (κ2) is 5.19. The van der Waals surface area contributed by atoms with Crippen molar-refractivity contribution in [3.63, 3.8) is 0 Å². The average Bonchev–Trinajstić information content (AvgIpc) is 2.20. The molecular formula is C7H14NO9P. The van der Waals surface area contributed by atoms with Gasteiger partial charge >= 0.3 is 13.8 Å². The molecule has 1 rings (SSSR count). The third kappa shape index (κ3) is 3.70. The first-order valence-electron chi connectivity index (χ1n) is 4.82. The molecule has 0 aromatic rings. The third-order valence-electron chi connectivity index (χ3n) is 2.42. The molecule has 11 heteroatoms. The molecule has 1 fully saturated rings. The van der Waals surface area contributed by atoms with Crippen molar-refractivity contribution in [2.45, 2.75) is 30.5 Å². The summed E-state index contributed by atoms with van der Waals surface area (Å²) in [7, 11) is -4.81. The second-order valence-electron chi connectivity index (χ2n) is 3.89. The molecule has 10 nitrogen and oxygen atoms in total. The van der Waals surface area contributed by atoms with Crippen LogP contribution in [-0.2, 0) is 18.6 Å². The predicted molar refractivity (Wildman–Crippen MR) is 54.1 cm³/mol. The van der Waals surface area contributed by atoms with Crippen LogP contribution in [0.3, 0.4) is 0 Å². The molecule has 0 amide bonds. The highest BCUT2D eigenvalue weighted by molar-refractivity contribution is 7.46. The fourth-order valence-electron chi connectivity index (χ4n) is 1.53. The van der Waals surface area contributed by atoms with Crippen LogP contribution in [0.5, 0.6) is 0 Å². The summed E-state index contributed by atoms with van der Waals surface area (Å²) in [5.41, 5.74) is 5.42. The quantitative estimate of drug-likeness (QED) is 0.299. The summed E-state index contributed by atoms with van der Waals surface area (Å²) in [6, 6.07) is -1.13. The summed E-state index contributed by atoms with van der Waals surface area (Å²) in [5, 5.41) is 27.9. The maximum atomic E-state index is 10.8. The van der Waals surface area contributed by atoms with Crippen LogP contribution < -0.4 is 5.73 Å². The lowest BCUT2D eigenvalue weighted by atomic mass is 9.94. The smallest absolute Gasteiger partial charge is 0.469 e. The van der Waals surface area contributed by atoms with E-state index in [-0.39, 0.29) is 0 Å². The van der Waals surface area contributed by atoms with Crippen LogP contribution in [0.2, 0.25) is 0 Å². The summed E-state index contributed by atoms with van der Waals surface area (Å²) in [5.74, 6) is -4.34. The van der Waals surface area contributed by atoms with Gasteiger partial charge in [-0.25, -0.2) is 9.36 Å². The van der Waals surface area contributed by atoms with Crippen LogP contribution in [0.25, 0.3) is 0 Å². The zero-order valence-corrected chi connectivity index (χ0v) is 9.93. The van der Waals surface area contributed by atoms with E-state index in [1.165, 1.54) is 0 Å². The molecule has 1 aliphatic heterocycles. The van der Waals surface area contributed by atoms with Gasteiger partial charge in [0.25, 0.3) is 5.79 Å². The SMILES string of the molecule is N[C@@H]1C[C@](O)(C(=O)O)O[C@H](COP(=O)(O)O)[C@H]1O. The van der Waals surface area contributed by atoms with Crippen molar-refractivity contribution in [1.82, 2.24) is 0 Å². The fraction of sp³-hybridized carbons (Fsp3) is 0.857. The minimum atomic E-state index is -4.81. The summed E-state index contributed by atoms with van der Waals surface area (Å²) >= 11 is 0. The van der Waals surface area contributed by atoms with E-state index in [0.717, 1.165) is 0 Å². The molecule has 0 bridgehead atoms. The van der Waals surface area contributed by atoms with Crippen LogP contribution >= 0.6 is 7.82 Å². The Morgan fingerprint density at radius 1 is 1.56 bits per heavy atom. The summed E-state index contributed by atoms with van der Waals surface area (Å²) in [6.07, 6.45) is -3.45. The van der Waals surface area contributed by atoms with Gasteiger partial charge in [-0.05, 0) is 0 Å². The number of phosphoric acid groups is 1. The highest BCUT2D eigenvalue weighted by atomic mass is 31.2. The van der Waals surface area contributed by atoms with E-state index >= 15 is 0 Å². The lowest BCUT2D eigenvalue weighted by Gasteiger charge is -2.40. The van der Waals surface area contributed by atoms with Crippen molar-refractivity contribution in [1.29, 1.82) is 0 Å². The van der Waals surface area contributed by atoms with Crippen molar-refractivity contribution in [2.75, 3.05) is 6.61 Å². The largest absolute Gasteiger partial charge is 0.477 e. The number of nitrogens with two attached hydrogens (primary N) is 1. The number of phosphoric ester groups is 1. The van der Waals surface area contributed by atoms with E-state index in [1.54, 1.807) is 0 Å². The summed E-state index contributed by atoms with van der Waals surface area (Å²) in [4.78, 5) is 27.7. The molecule has 0 radical (unpaired) electrons. The van der Waals surface area contributed by atoms with Gasteiger partial charge in [-0.2, -0.15) is 0 Å². The van der Waals surface area contributed by atoms with E-state index in [9.17, 15) is 19.6 Å². The number of hydrogen-bond acceptors (Lipinski definition) is 7. The Morgan fingerprint density at radius 2 is 2.11 bits per heavy atom. The van der Waals surface area contributed by atoms with Gasteiger partial charge in [-0.15, -0.1) is 0 Å². The molecular weight excluding hydrogens is 273 g/mol. The summed E-state index contributed by atoms with van der Waals surface area (Å²) < 4.78 is 19.2. The maximum absolute atomic E-state index is 10.8. The molecule has 106 valence electrons. The Hall–Kier alpha value is -0.580. The van der Waals surface area contributed by atoms with E-state index in [2.05, 4.69) is 9.26 Å². The molecule has 0 saturated carbocycles. The number of aliphatic carboxylic acids is 1. The highest BCUT2D eigenvalue weighted by Gasteiger charge is 2.50. The van der Waals surface area contributed by atoms with Gasteiger partial charge in [0, 0.05) is 12.5 Å². The van der Waals surface area contributed by atoms with E-state index in [0.29, 0.717) is 0 Å². The van der Waals surface area contributed by atoms with Crippen LogP contribution in [0, 0.1) is 0 Å². The van der Waals surface area contributed by atoms with Gasteiger partial charge in [0.15, 0.2) is 0 Å². The number of carboxylic acid groups (broad SMARTS) is 1. The number of carboxylic acids is 1. The van der Waals surface area contributed by atoms with Crippen LogP contribution in [0.1, 0.15) is 6.42 Å². The standard InChI is InChI=1S/C7H14NO9P/c8-3-1-7(12,6(10)11)17-4(5(3)9)2-16-18(13,14)15/h3-5,9,12H,1-2,8H2,(H,10,11)(H2,13,14,15)/t3-,4-,5+,7-/m1/s1. The highest BCUT2D eigenvalue weighted by Crippen LogP contribution is 2.37. The molecule has 4 atom stereocenters. The maximum Gasteiger partial charge on any atom is 0.469 e. The van der Waals surface area contributed by atoms with Crippen molar-refractivity contribution in [2.24, 2.45) is 5.73 Å². The zero-order valence-electron chi connectivity index (χ0n) is 9.04. The van der Waals surface area contributed by atoms with Crippen molar-refractivity contribution < 1.29 is 43.7 Å². The Bertz CT molecular complexity index is 370. The topological polar surface area (TPSA) is 180 Å². The normalized spacial score (nSPS) is 37.5. The minimum Gasteiger partial charge on any atom is -0.477 e. The van der Waals surface area contributed by atoms with Crippen molar-refractivity contribution in [3.8, 4) is 0 Å². The molecule has 0 unspecified atom stereocenters.